The van der Waals surface area contributed by atoms with Crippen molar-refractivity contribution in [3.8, 4) is 28.1 Å². The fraction of sp³-hybridized carbons (Fsp3) is 0.378. The van der Waals surface area contributed by atoms with Crippen LogP contribution >= 0.6 is 23.2 Å². The standard InChI is InChI=1S/C37H40Cl2N8O4/c1-46-29-13-16-47(37(50)27-7-4-14-41-27)20-28(29)44-35(46)36(49)45-26-6-3-5-24(32(26)38)25-12-15-42-34(33(25)39)21-8-9-22(30(17-21)51-2)18-40-19-23-10-11-31(48)43-23/h3,5-6,8-9,12,15,17,23,27,40-41H,4,7,10-11,13-14,16,18-20H2,1-2H3,(H,43,48)(H,45,49)/t23?,27-/m0/s1. The summed E-state index contributed by atoms with van der Waals surface area (Å²) in [5.41, 5.74) is 5.66. The number of anilines is 1. The zero-order chi connectivity index (χ0) is 35.6. The Labute approximate surface area is 306 Å². The van der Waals surface area contributed by atoms with Gasteiger partial charge in [-0.15, -0.1) is 0 Å². The SMILES string of the molecule is COc1cc(-c2nccc(-c3cccc(NC(=O)c4nc5c(n4C)CCN(C(=O)[C@@H]4CCCN4)C5)c3Cl)c2Cl)ccc1CNCC1CCC(=O)N1. The average Bonchev–Trinajstić information content (AvgIpc) is 3.90. The highest BCUT2D eigenvalue weighted by Crippen LogP contribution is 2.41. The molecule has 2 saturated heterocycles. The van der Waals surface area contributed by atoms with E-state index in [9.17, 15) is 14.4 Å². The number of halogens is 2. The van der Waals surface area contributed by atoms with E-state index in [1.54, 1.807) is 36.1 Å². The number of rotatable bonds is 10. The van der Waals surface area contributed by atoms with Crippen LogP contribution in [0.1, 0.15) is 53.3 Å². The first-order chi connectivity index (χ1) is 24.7. The maximum atomic E-state index is 13.6. The lowest BCUT2D eigenvalue weighted by atomic mass is 10.0. The molecular formula is C37H40Cl2N8O4. The lowest BCUT2D eigenvalue weighted by molar-refractivity contribution is -0.134. The molecule has 5 heterocycles. The van der Waals surface area contributed by atoms with Crippen LogP contribution in [0.3, 0.4) is 0 Å². The van der Waals surface area contributed by atoms with Crippen molar-refractivity contribution in [2.45, 2.75) is 57.3 Å². The van der Waals surface area contributed by atoms with Gasteiger partial charge in [0.05, 0.1) is 46.8 Å². The van der Waals surface area contributed by atoms with Gasteiger partial charge < -0.3 is 35.5 Å². The Morgan fingerprint density at radius 2 is 1.92 bits per heavy atom. The third-order valence-corrected chi connectivity index (χ3v) is 10.7. The number of hydrogen-bond donors (Lipinski definition) is 4. The summed E-state index contributed by atoms with van der Waals surface area (Å²) in [4.78, 5) is 49.2. The van der Waals surface area contributed by atoms with Gasteiger partial charge in [0.15, 0.2) is 5.82 Å². The Morgan fingerprint density at radius 3 is 2.69 bits per heavy atom. The minimum Gasteiger partial charge on any atom is -0.496 e. The molecule has 3 aliphatic rings. The van der Waals surface area contributed by atoms with Crippen molar-refractivity contribution >= 4 is 46.6 Å². The van der Waals surface area contributed by atoms with Gasteiger partial charge >= 0.3 is 0 Å². The van der Waals surface area contributed by atoms with Crippen LogP contribution in [-0.2, 0) is 36.1 Å². The molecule has 3 aliphatic heterocycles. The first kappa shape index (κ1) is 34.9. The second kappa shape index (κ2) is 15.0. The number of fused-ring (bicyclic) bond motifs is 1. The van der Waals surface area contributed by atoms with E-state index in [0.29, 0.717) is 77.3 Å². The number of nitrogens with zero attached hydrogens (tertiary/aromatic N) is 4. The van der Waals surface area contributed by atoms with Crippen LogP contribution in [0, 0.1) is 0 Å². The van der Waals surface area contributed by atoms with Crippen LogP contribution in [0.25, 0.3) is 22.4 Å². The molecule has 0 saturated carbocycles. The number of carbonyl (C=O) groups excluding carboxylic acids is 3. The first-order valence-corrected chi connectivity index (χ1v) is 18.0. The van der Waals surface area contributed by atoms with E-state index >= 15 is 0 Å². The highest BCUT2D eigenvalue weighted by Gasteiger charge is 2.32. The predicted octanol–water partition coefficient (Wildman–Crippen LogP) is 4.72. The van der Waals surface area contributed by atoms with Crippen molar-refractivity contribution in [3.63, 3.8) is 0 Å². The minimum absolute atomic E-state index is 0.0907. The smallest absolute Gasteiger partial charge is 0.291 e. The number of aromatic nitrogens is 3. The van der Waals surface area contributed by atoms with Crippen LogP contribution in [0.4, 0.5) is 5.69 Å². The van der Waals surface area contributed by atoms with Crippen LogP contribution in [0.5, 0.6) is 5.75 Å². The van der Waals surface area contributed by atoms with E-state index in [1.165, 1.54) is 0 Å². The number of pyridine rings is 1. The normalized spacial score (nSPS) is 18.4. The third kappa shape index (κ3) is 7.18. The summed E-state index contributed by atoms with van der Waals surface area (Å²) >= 11 is 14.0. The van der Waals surface area contributed by atoms with E-state index in [2.05, 4.69) is 31.2 Å². The lowest BCUT2D eigenvalue weighted by Crippen LogP contribution is -2.45. The number of methoxy groups -OCH3 is 1. The maximum absolute atomic E-state index is 13.6. The molecule has 51 heavy (non-hydrogen) atoms. The summed E-state index contributed by atoms with van der Waals surface area (Å²) in [7, 11) is 3.44. The fourth-order valence-electron chi connectivity index (χ4n) is 7.15. The van der Waals surface area contributed by atoms with E-state index in [0.717, 1.165) is 48.3 Å². The first-order valence-electron chi connectivity index (χ1n) is 17.2. The van der Waals surface area contributed by atoms with Gasteiger partial charge in [-0.1, -0.05) is 47.5 Å². The van der Waals surface area contributed by atoms with E-state index in [-0.39, 0.29) is 29.7 Å². The summed E-state index contributed by atoms with van der Waals surface area (Å²) in [5.74, 6) is 0.709. The number of hydrogen-bond acceptors (Lipinski definition) is 8. The van der Waals surface area contributed by atoms with Crippen LogP contribution < -0.4 is 26.0 Å². The van der Waals surface area contributed by atoms with Crippen molar-refractivity contribution < 1.29 is 19.1 Å². The Morgan fingerprint density at radius 1 is 1.08 bits per heavy atom. The second-order valence-corrected chi connectivity index (χ2v) is 13.9. The zero-order valence-electron chi connectivity index (χ0n) is 28.5. The molecule has 4 aromatic rings. The summed E-state index contributed by atoms with van der Waals surface area (Å²) in [6, 6.07) is 13.0. The number of imidazole rings is 1. The van der Waals surface area contributed by atoms with Gasteiger partial charge in [-0.3, -0.25) is 19.4 Å². The average molecular weight is 732 g/mol. The molecule has 0 spiro atoms. The molecule has 7 rings (SSSR count). The molecule has 2 aromatic heterocycles. The highest BCUT2D eigenvalue weighted by molar-refractivity contribution is 6.39. The molecule has 2 fully saturated rings. The molecule has 0 bridgehead atoms. The van der Waals surface area contributed by atoms with Crippen LogP contribution in [-0.4, -0.2) is 76.0 Å². The van der Waals surface area contributed by atoms with Crippen LogP contribution in [0.2, 0.25) is 10.0 Å². The summed E-state index contributed by atoms with van der Waals surface area (Å²) < 4.78 is 7.51. The molecule has 12 nitrogen and oxygen atoms in total. The largest absolute Gasteiger partial charge is 0.496 e. The van der Waals surface area contributed by atoms with Crippen LogP contribution in [0.15, 0.2) is 48.7 Å². The Bertz CT molecular complexity index is 1990. The molecule has 4 N–H and O–H groups in total. The predicted molar refractivity (Wildman–Crippen MR) is 196 cm³/mol. The molecular weight excluding hydrogens is 691 g/mol. The van der Waals surface area contributed by atoms with Gasteiger partial charge in [0.2, 0.25) is 11.8 Å². The Kier molecular flexibility index (Phi) is 10.3. The summed E-state index contributed by atoms with van der Waals surface area (Å²) in [5, 5.41) is 13.3. The van der Waals surface area contributed by atoms with Gasteiger partial charge in [-0.2, -0.15) is 0 Å². The second-order valence-electron chi connectivity index (χ2n) is 13.1. The molecule has 2 aromatic carbocycles. The van der Waals surface area contributed by atoms with Gasteiger partial charge in [0.1, 0.15) is 5.75 Å². The Hall–Kier alpha value is -4.49. The maximum Gasteiger partial charge on any atom is 0.291 e. The number of carbonyl (C=O) groups is 3. The number of amides is 3. The van der Waals surface area contributed by atoms with Gasteiger partial charge in [-0.05, 0) is 44.0 Å². The molecule has 14 heteroatoms. The van der Waals surface area contributed by atoms with E-state index < -0.39 is 5.91 Å². The van der Waals surface area contributed by atoms with Crippen molar-refractivity contribution in [1.82, 2.24) is 35.4 Å². The molecule has 3 amide bonds. The van der Waals surface area contributed by atoms with Crippen molar-refractivity contribution in [3.05, 3.63) is 81.5 Å². The minimum atomic E-state index is -0.405. The van der Waals surface area contributed by atoms with Crippen molar-refractivity contribution in [2.75, 3.05) is 32.1 Å². The summed E-state index contributed by atoms with van der Waals surface area (Å²) in [6.07, 6.45) is 5.52. The number of ether oxygens (including phenoxy) is 1. The van der Waals surface area contributed by atoms with E-state index in [4.69, 9.17) is 27.9 Å². The Balaban J connectivity index is 1.07. The fourth-order valence-corrected chi connectivity index (χ4v) is 7.75. The molecule has 2 atom stereocenters. The summed E-state index contributed by atoms with van der Waals surface area (Å²) in [6.45, 7) is 3.06. The molecule has 1 unspecified atom stereocenters. The molecule has 0 aliphatic carbocycles. The van der Waals surface area contributed by atoms with E-state index in [1.807, 2.05) is 36.2 Å². The lowest BCUT2D eigenvalue weighted by Gasteiger charge is -2.29. The zero-order valence-corrected chi connectivity index (χ0v) is 30.0. The monoisotopic (exact) mass is 730 g/mol. The van der Waals surface area contributed by atoms with Gasteiger partial charge in [0, 0.05) is 79.7 Å². The van der Waals surface area contributed by atoms with Crippen molar-refractivity contribution in [2.24, 2.45) is 7.05 Å². The number of nitrogens with one attached hydrogen (secondary N) is 4. The highest BCUT2D eigenvalue weighted by atomic mass is 35.5. The molecule has 266 valence electrons. The quantitative estimate of drug-likeness (QED) is 0.184. The third-order valence-electron chi connectivity index (χ3n) is 9.91. The topological polar surface area (TPSA) is 143 Å². The number of benzene rings is 2. The van der Waals surface area contributed by atoms with Gasteiger partial charge in [-0.25, -0.2) is 4.98 Å². The van der Waals surface area contributed by atoms with Crippen molar-refractivity contribution in [1.29, 1.82) is 0 Å². The van der Waals surface area contributed by atoms with Gasteiger partial charge in [0.25, 0.3) is 5.91 Å². The molecule has 0 radical (unpaired) electrons.